The molecule has 0 spiro atoms. The number of piperidine rings is 1. The van der Waals surface area contributed by atoms with Crippen LogP contribution >= 0.6 is 0 Å². The zero-order chi connectivity index (χ0) is 22.0. The average molecular weight is 432 g/mol. The second-order valence-corrected chi connectivity index (χ2v) is 7.93. The molecule has 1 aliphatic heterocycles. The second kappa shape index (κ2) is 8.70. The first-order chi connectivity index (χ1) is 14.8. The molecule has 1 aliphatic rings. The number of nitrogens with zero attached hydrogens (tertiary/aromatic N) is 6. The quantitative estimate of drug-likeness (QED) is 0.595. The number of hydrogen-bond acceptors (Lipinski definition) is 6. The molecule has 4 heterocycles. The Kier molecular flexibility index (Phi) is 5.99. The average Bonchev–Trinajstić information content (AvgIpc) is 3.17. The molecule has 10 heteroatoms. The maximum Gasteiger partial charge on any atom is 0.390 e. The normalized spacial score (nSPS) is 16.1. The van der Waals surface area contributed by atoms with Gasteiger partial charge in [0, 0.05) is 43.2 Å². The molecule has 1 saturated heterocycles. The van der Waals surface area contributed by atoms with E-state index in [2.05, 4.69) is 20.3 Å². The van der Waals surface area contributed by atoms with Crippen LogP contribution in [0.1, 0.15) is 25.0 Å². The molecule has 4 rings (SSSR count). The molecule has 0 amide bonds. The van der Waals surface area contributed by atoms with Crippen molar-refractivity contribution in [2.75, 3.05) is 19.6 Å². The number of alkyl halides is 3. The van der Waals surface area contributed by atoms with Crippen LogP contribution in [0.4, 0.5) is 13.2 Å². The van der Waals surface area contributed by atoms with E-state index in [9.17, 15) is 18.0 Å². The molecule has 164 valence electrons. The molecule has 0 atom stereocenters. The lowest BCUT2D eigenvalue weighted by Crippen LogP contribution is -2.38. The van der Waals surface area contributed by atoms with E-state index in [-0.39, 0.29) is 24.7 Å². The van der Waals surface area contributed by atoms with E-state index < -0.39 is 12.6 Å². The molecular weight excluding hydrogens is 409 g/mol. The molecule has 0 N–H and O–H groups in total. The standard InChI is InChI=1S/C21H23F3N6O/c1-29-19(13-26-28-29)17-3-2-15-12-25-16(10-18(15)27-17)11-20(31)14-4-7-30(8-5-14)9-6-21(22,23)24/h2-3,10,12-14H,4-9,11H2,1H3. The first-order valence-electron chi connectivity index (χ1n) is 10.2. The number of carbonyl (C=O) groups excluding carboxylic acids is 1. The molecule has 0 unspecified atom stereocenters. The molecule has 0 aromatic carbocycles. The molecule has 3 aromatic heterocycles. The van der Waals surface area contributed by atoms with Crippen molar-refractivity contribution in [2.24, 2.45) is 13.0 Å². The van der Waals surface area contributed by atoms with Gasteiger partial charge in [-0.2, -0.15) is 13.2 Å². The Morgan fingerprint density at radius 1 is 1.19 bits per heavy atom. The van der Waals surface area contributed by atoms with Crippen LogP contribution in [0.15, 0.2) is 30.6 Å². The van der Waals surface area contributed by atoms with Crippen molar-refractivity contribution in [3.8, 4) is 11.4 Å². The zero-order valence-corrected chi connectivity index (χ0v) is 17.1. The number of halogens is 3. The summed E-state index contributed by atoms with van der Waals surface area (Å²) in [4.78, 5) is 23.6. The number of hydrogen-bond donors (Lipinski definition) is 0. The van der Waals surface area contributed by atoms with E-state index in [0.29, 0.717) is 31.6 Å². The van der Waals surface area contributed by atoms with Crippen LogP contribution < -0.4 is 0 Å². The number of rotatable bonds is 6. The van der Waals surface area contributed by atoms with Crippen molar-refractivity contribution in [2.45, 2.75) is 31.9 Å². The van der Waals surface area contributed by atoms with Gasteiger partial charge >= 0.3 is 6.18 Å². The van der Waals surface area contributed by atoms with E-state index in [1.807, 2.05) is 18.2 Å². The van der Waals surface area contributed by atoms with Gasteiger partial charge in [0.25, 0.3) is 0 Å². The monoisotopic (exact) mass is 432 g/mol. The molecule has 0 radical (unpaired) electrons. The number of aryl methyl sites for hydroxylation is 1. The summed E-state index contributed by atoms with van der Waals surface area (Å²) in [6.45, 7) is 1.03. The Labute approximate surface area is 177 Å². The van der Waals surface area contributed by atoms with Crippen LogP contribution in [0.5, 0.6) is 0 Å². The summed E-state index contributed by atoms with van der Waals surface area (Å²) < 4.78 is 38.8. The SMILES string of the molecule is Cn1nncc1-c1ccc2cnc(CC(=O)C3CCN(CCC(F)(F)F)CC3)cc2n1. The lowest BCUT2D eigenvalue weighted by molar-refractivity contribution is -0.139. The molecule has 7 nitrogen and oxygen atoms in total. The molecule has 0 aliphatic carbocycles. The maximum absolute atomic E-state index is 12.7. The summed E-state index contributed by atoms with van der Waals surface area (Å²) in [5.41, 5.74) is 2.89. The van der Waals surface area contributed by atoms with E-state index >= 15 is 0 Å². The molecule has 31 heavy (non-hydrogen) atoms. The van der Waals surface area contributed by atoms with Gasteiger partial charge in [0.15, 0.2) is 0 Å². The van der Waals surface area contributed by atoms with Crippen LogP contribution in [-0.4, -0.2) is 61.5 Å². The largest absolute Gasteiger partial charge is 0.390 e. The number of Topliss-reactive ketones (excluding diaryl/α,β-unsaturated/α-hetero) is 1. The Balaban J connectivity index is 1.39. The smallest absolute Gasteiger partial charge is 0.303 e. The fraction of sp³-hybridized carbons (Fsp3) is 0.476. The van der Waals surface area contributed by atoms with Gasteiger partial charge in [-0.1, -0.05) is 5.21 Å². The number of aromatic nitrogens is 5. The number of carbonyl (C=O) groups is 1. The Morgan fingerprint density at radius 3 is 2.65 bits per heavy atom. The van der Waals surface area contributed by atoms with Crippen LogP contribution in [0.3, 0.4) is 0 Å². The predicted molar refractivity (Wildman–Crippen MR) is 108 cm³/mol. The van der Waals surface area contributed by atoms with Crippen LogP contribution in [0.2, 0.25) is 0 Å². The van der Waals surface area contributed by atoms with Crippen molar-refractivity contribution >= 4 is 16.7 Å². The van der Waals surface area contributed by atoms with Gasteiger partial charge in [-0.15, -0.1) is 5.10 Å². The number of ketones is 1. The van der Waals surface area contributed by atoms with Crippen LogP contribution in [0, 0.1) is 5.92 Å². The zero-order valence-electron chi connectivity index (χ0n) is 17.1. The van der Waals surface area contributed by atoms with E-state index in [1.54, 1.807) is 29.0 Å². The van der Waals surface area contributed by atoms with E-state index in [1.165, 1.54) is 0 Å². The fourth-order valence-corrected chi connectivity index (χ4v) is 3.91. The minimum Gasteiger partial charge on any atom is -0.303 e. The summed E-state index contributed by atoms with van der Waals surface area (Å²) in [6.07, 6.45) is -0.244. The van der Waals surface area contributed by atoms with Gasteiger partial charge < -0.3 is 4.90 Å². The van der Waals surface area contributed by atoms with Crippen molar-refractivity contribution < 1.29 is 18.0 Å². The lowest BCUT2D eigenvalue weighted by Gasteiger charge is -2.31. The predicted octanol–water partition coefficient (Wildman–Crippen LogP) is 3.20. The highest BCUT2D eigenvalue weighted by molar-refractivity contribution is 5.85. The highest BCUT2D eigenvalue weighted by Gasteiger charge is 2.30. The summed E-state index contributed by atoms with van der Waals surface area (Å²) in [5, 5.41) is 8.66. The Bertz CT molecular complexity index is 1070. The molecule has 0 bridgehead atoms. The van der Waals surface area contributed by atoms with Gasteiger partial charge in [0.05, 0.1) is 23.8 Å². The third-order valence-electron chi connectivity index (χ3n) is 5.72. The first-order valence-corrected chi connectivity index (χ1v) is 10.2. The van der Waals surface area contributed by atoms with Gasteiger partial charge in [0.2, 0.25) is 0 Å². The summed E-state index contributed by atoms with van der Waals surface area (Å²) >= 11 is 0. The van der Waals surface area contributed by atoms with Crippen molar-refractivity contribution in [3.63, 3.8) is 0 Å². The van der Waals surface area contributed by atoms with Gasteiger partial charge in [-0.25, -0.2) is 9.67 Å². The highest BCUT2D eigenvalue weighted by atomic mass is 19.4. The van der Waals surface area contributed by atoms with E-state index in [0.717, 1.165) is 22.3 Å². The fourth-order valence-electron chi connectivity index (χ4n) is 3.91. The number of pyridine rings is 2. The molecule has 3 aromatic rings. The van der Waals surface area contributed by atoms with Crippen molar-refractivity contribution in [1.82, 2.24) is 29.9 Å². The molecular formula is C21H23F3N6O. The third kappa shape index (κ3) is 5.25. The minimum absolute atomic E-state index is 0.00315. The topological polar surface area (TPSA) is 76.8 Å². The van der Waals surface area contributed by atoms with Gasteiger partial charge in [-0.3, -0.25) is 9.78 Å². The minimum atomic E-state index is -4.14. The lowest BCUT2D eigenvalue weighted by atomic mass is 9.90. The van der Waals surface area contributed by atoms with Crippen molar-refractivity contribution in [3.05, 3.63) is 36.3 Å². The number of likely N-dealkylation sites (tertiary alicyclic amines) is 1. The van der Waals surface area contributed by atoms with E-state index in [4.69, 9.17) is 0 Å². The van der Waals surface area contributed by atoms with Crippen LogP contribution in [-0.2, 0) is 18.3 Å². The summed E-state index contributed by atoms with van der Waals surface area (Å²) in [7, 11) is 1.79. The third-order valence-corrected chi connectivity index (χ3v) is 5.72. The summed E-state index contributed by atoms with van der Waals surface area (Å²) in [5.74, 6) is -0.0613. The Hall–Kier alpha value is -2.88. The molecule has 0 saturated carbocycles. The number of fused-ring (bicyclic) bond motifs is 1. The van der Waals surface area contributed by atoms with Gasteiger partial charge in [-0.05, 0) is 44.1 Å². The second-order valence-electron chi connectivity index (χ2n) is 7.93. The van der Waals surface area contributed by atoms with Gasteiger partial charge in [0.1, 0.15) is 11.5 Å². The van der Waals surface area contributed by atoms with Crippen molar-refractivity contribution in [1.29, 1.82) is 0 Å². The molecule has 1 fully saturated rings. The maximum atomic E-state index is 12.7. The highest BCUT2D eigenvalue weighted by Crippen LogP contribution is 2.25. The van der Waals surface area contributed by atoms with Crippen LogP contribution in [0.25, 0.3) is 22.3 Å². The first kappa shape index (κ1) is 21.4. The summed E-state index contributed by atoms with van der Waals surface area (Å²) in [6, 6.07) is 5.61. The Morgan fingerprint density at radius 2 is 1.97 bits per heavy atom.